The zero-order valence-corrected chi connectivity index (χ0v) is 21.7. The summed E-state index contributed by atoms with van der Waals surface area (Å²) < 4.78 is 0. The van der Waals surface area contributed by atoms with Crippen molar-refractivity contribution in [3.8, 4) is 0 Å². The van der Waals surface area contributed by atoms with Crippen LogP contribution >= 0.6 is 0 Å². The molecule has 5 rings (SSSR count). The summed E-state index contributed by atoms with van der Waals surface area (Å²) in [6, 6.07) is 0. The van der Waals surface area contributed by atoms with Crippen molar-refractivity contribution in [3.63, 3.8) is 0 Å². The first-order valence-corrected chi connectivity index (χ1v) is 13.6. The molecule has 0 unspecified atom stereocenters. The molecule has 2 heteroatoms. The minimum atomic E-state index is -0.189. The largest absolute Gasteiger partial charge is 0.303 e. The number of ketones is 1. The standard InChI is InChI=1S/C30H46O2/c1-19-10-15-30(18-31)17-16-28(6)21(25(30)20(19)2)8-9-23-27(5)13-12-24(32)26(3,4)22(27)11-14-29(23,28)7/h8,18-20,22-23,25H,9-17H2,1-7H3/t19-,20+,22+,23-,25+,27+,28-,29-,30-/m1/s1. The van der Waals surface area contributed by atoms with E-state index in [2.05, 4.69) is 54.5 Å². The minimum absolute atomic E-state index is 0.124. The first-order valence-electron chi connectivity index (χ1n) is 13.6. The molecule has 0 aromatic carbocycles. The Labute approximate surface area is 196 Å². The summed E-state index contributed by atoms with van der Waals surface area (Å²) in [7, 11) is 0. The molecular formula is C30H46O2. The summed E-state index contributed by atoms with van der Waals surface area (Å²) in [4.78, 5) is 25.5. The average molecular weight is 439 g/mol. The van der Waals surface area contributed by atoms with Gasteiger partial charge in [0.2, 0.25) is 0 Å². The molecule has 4 saturated carbocycles. The zero-order chi connectivity index (χ0) is 23.3. The van der Waals surface area contributed by atoms with Crippen LogP contribution < -0.4 is 0 Å². The van der Waals surface area contributed by atoms with Crippen LogP contribution in [0.3, 0.4) is 0 Å². The van der Waals surface area contributed by atoms with E-state index in [-0.39, 0.29) is 27.1 Å². The van der Waals surface area contributed by atoms with Gasteiger partial charge >= 0.3 is 0 Å². The van der Waals surface area contributed by atoms with Crippen LogP contribution in [-0.2, 0) is 9.59 Å². The molecule has 32 heavy (non-hydrogen) atoms. The highest BCUT2D eigenvalue weighted by Gasteiger charge is 2.68. The summed E-state index contributed by atoms with van der Waals surface area (Å²) in [5, 5.41) is 0. The number of aldehydes is 1. The number of carbonyl (C=O) groups excluding carboxylic acids is 2. The Kier molecular flexibility index (Phi) is 4.87. The van der Waals surface area contributed by atoms with Crippen molar-refractivity contribution < 1.29 is 9.59 Å². The molecule has 2 nitrogen and oxygen atoms in total. The summed E-state index contributed by atoms with van der Waals surface area (Å²) in [5.74, 6) is 3.32. The number of hydrogen-bond donors (Lipinski definition) is 0. The van der Waals surface area contributed by atoms with Crippen molar-refractivity contribution in [2.24, 2.45) is 56.7 Å². The topological polar surface area (TPSA) is 34.1 Å². The Hall–Kier alpha value is -0.920. The highest BCUT2D eigenvalue weighted by atomic mass is 16.1. The predicted octanol–water partition coefficient (Wildman–Crippen LogP) is 7.41. The number of carbonyl (C=O) groups is 2. The van der Waals surface area contributed by atoms with E-state index in [0.29, 0.717) is 35.4 Å². The van der Waals surface area contributed by atoms with E-state index in [9.17, 15) is 9.59 Å². The van der Waals surface area contributed by atoms with Crippen LogP contribution in [0.2, 0.25) is 0 Å². The maximum Gasteiger partial charge on any atom is 0.138 e. The maximum atomic E-state index is 12.9. The average Bonchev–Trinajstić information content (AvgIpc) is 2.74. The summed E-state index contributed by atoms with van der Waals surface area (Å²) in [6.45, 7) is 17.0. The van der Waals surface area contributed by atoms with Crippen LogP contribution in [0.25, 0.3) is 0 Å². The van der Waals surface area contributed by atoms with Crippen LogP contribution in [0.5, 0.6) is 0 Å². The van der Waals surface area contributed by atoms with Gasteiger partial charge in [0, 0.05) is 17.3 Å². The second-order valence-corrected chi connectivity index (χ2v) is 14.1. The number of Topliss-reactive ketones (excluding diaryl/α,β-unsaturated/α-hetero) is 1. The van der Waals surface area contributed by atoms with E-state index in [4.69, 9.17) is 0 Å². The Morgan fingerprint density at radius 1 is 0.906 bits per heavy atom. The Morgan fingerprint density at radius 2 is 1.62 bits per heavy atom. The fraction of sp³-hybridized carbons (Fsp3) is 0.867. The van der Waals surface area contributed by atoms with Crippen LogP contribution in [-0.4, -0.2) is 12.1 Å². The molecule has 5 aliphatic carbocycles. The molecule has 0 aromatic rings. The molecule has 4 fully saturated rings. The monoisotopic (exact) mass is 438 g/mol. The van der Waals surface area contributed by atoms with E-state index < -0.39 is 0 Å². The molecule has 0 bridgehead atoms. The van der Waals surface area contributed by atoms with Crippen LogP contribution in [0.1, 0.15) is 106 Å². The lowest BCUT2D eigenvalue weighted by Gasteiger charge is -2.70. The fourth-order valence-electron chi connectivity index (χ4n) is 10.6. The van der Waals surface area contributed by atoms with Gasteiger partial charge in [-0.3, -0.25) is 4.79 Å². The van der Waals surface area contributed by atoms with E-state index in [0.717, 1.165) is 38.5 Å². The van der Waals surface area contributed by atoms with Gasteiger partial charge in [0.25, 0.3) is 0 Å². The molecule has 0 aliphatic heterocycles. The van der Waals surface area contributed by atoms with Gasteiger partial charge in [-0.25, -0.2) is 0 Å². The normalized spacial score (nSPS) is 54.4. The lowest BCUT2D eigenvalue weighted by atomic mass is 9.33. The molecule has 178 valence electrons. The molecule has 0 amide bonds. The second-order valence-electron chi connectivity index (χ2n) is 14.1. The minimum Gasteiger partial charge on any atom is -0.303 e. The van der Waals surface area contributed by atoms with Gasteiger partial charge in [-0.15, -0.1) is 0 Å². The van der Waals surface area contributed by atoms with Crippen LogP contribution in [0.15, 0.2) is 11.6 Å². The number of fused-ring (bicyclic) bond motifs is 7. The smallest absolute Gasteiger partial charge is 0.138 e. The molecule has 0 radical (unpaired) electrons. The summed E-state index contributed by atoms with van der Waals surface area (Å²) in [6.07, 6.45) is 13.9. The van der Waals surface area contributed by atoms with Crippen molar-refractivity contribution >= 4 is 12.1 Å². The van der Waals surface area contributed by atoms with Crippen molar-refractivity contribution in [2.45, 2.75) is 106 Å². The first-order chi connectivity index (χ1) is 14.9. The van der Waals surface area contributed by atoms with Gasteiger partial charge in [0.15, 0.2) is 0 Å². The second kappa shape index (κ2) is 6.82. The van der Waals surface area contributed by atoms with Gasteiger partial charge < -0.3 is 4.79 Å². The zero-order valence-electron chi connectivity index (χ0n) is 21.7. The summed E-state index contributed by atoms with van der Waals surface area (Å²) >= 11 is 0. The van der Waals surface area contributed by atoms with E-state index in [1.807, 2.05) is 0 Å². The molecule has 0 aromatic heterocycles. The SMILES string of the molecule is C[C@H]1[C@H](C)CC[C@]2(C=O)CC[C@]3(C)C(=CC[C@@H]4[C@@]5(C)CCC(=O)C(C)(C)[C@@H]5CC[C@]43C)[C@H]12. The van der Waals surface area contributed by atoms with E-state index >= 15 is 0 Å². The molecule has 0 heterocycles. The van der Waals surface area contributed by atoms with E-state index in [1.165, 1.54) is 25.5 Å². The Bertz CT molecular complexity index is 868. The third kappa shape index (κ3) is 2.54. The highest BCUT2D eigenvalue weighted by molar-refractivity contribution is 5.85. The van der Waals surface area contributed by atoms with Crippen molar-refractivity contribution in [1.29, 1.82) is 0 Å². The van der Waals surface area contributed by atoms with Gasteiger partial charge in [-0.2, -0.15) is 0 Å². The molecular weight excluding hydrogens is 392 g/mol. The molecule has 0 N–H and O–H groups in total. The highest BCUT2D eigenvalue weighted by Crippen LogP contribution is 2.75. The predicted molar refractivity (Wildman–Crippen MR) is 130 cm³/mol. The van der Waals surface area contributed by atoms with Crippen LogP contribution in [0, 0.1) is 56.7 Å². The van der Waals surface area contributed by atoms with Gasteiger partial charge in [0.05, 0.1) is 0 Å². The fourth-order valence-corrected chi connectivity index (χ4v) is 10.6. The van der Waals surface area contributed by atoms with Gasteiger partial charge in [-0.05, 0) is 97.2 Å². The van der Waals surface area contributed by atoms with Gasteiger partial charge in [0.1, 0.15) is 12.1 Å². The van der Waals surface area contributed by atoms with Crippen molar-refractivity contribution in [2.75, 3.05) is 0 Å². The first kappa shape index (κ1) is 22.9. The van der Waals surface area contributed by atoms with Gasteiger partial charge in [-0.1, -0.05) is 60.1 Å². The third-order valence-corrected chi connectivity index (χ3v) is 13.0. The van der Waals surface area contributed by atoms with E-state index in [1.54, 1.807) is 5.57 Å². The van der Waals surface area contributed by atoms with Crippen molar-refractivity contribution in [3.05, 3.63) is 11.6 Å². The lowest BCUT2D eigenvalue weighted by molar-refractivity contribution is -0.185. The maximum absolute atomic E-state index is 12.9. The van der Waals surface area contributed by atoms with Crippen molar-refractivity contribution in [1.82, 2.24) is 0 Å². The quantitative estimate of drug-likeness (QED) is 0.315. The Balaban J connectivity index is 1.61. The molecule has 5 aliphatic rings. The number of hydrogen-bond acceptors (Lipinski definition) is 2. The van der Waals surface area contributed by atoms with Crippen LogP contribution in [0.4, 0.5) is 0 Å². The molecule has 9 atom stereocenters. The number of rotatable bonds is 1. The number of allylic oxidation sites excluding steroid dienone is 2. The summed E-state index contributed by atoms with van der Waals surface area (Å²) in [5.41, 5.74) is 2.01. The molecule has 0 spiro atoms. The Morgan fingerprint density at radius 3 is 2.31 bits per heavy atom. The molecule has 0 saturated heterocycles. The lowest BCUT2D eigenvalue weighted by Crippen LogP contribution is -2.64. The third-order valence-electron chi connectivity index (χ3n) is 13.0.